The van der Waals surface area contributed by atoms with Gasteiger partial charge in [0.15, 0.2) is 9.84 Å². The first-order valence-corrected chi connectivity index (χ1v) is 7.93. The van der Waals surface area contributed by atoms with Crippen molar-refractivity contribution in [2.75, 3.05) is 12.8 Å². The van der Waals surface area contributed by atoms with E-state index in [4.69, 9.17) is 11.6 Å². The van der Waals surface area contributed by atoms with Gasteiger partial charge >= 0.3 is 0 Å². The van der Waals surface area contributed by atoms with E-state index in [-0.39, 0.29) is 11.9 Å². The Labute approximate surface area is 109 Å². The molecule has 0 saturated heterocycles. The van der Waals surface area contributed by atoms with Crippen molar-refractivity contribution < 1.29 is 13.2 Å². The quantitative estimate of drug-likeness (QED) is 0.753. The molecular formula is C11H22ClNO3S. The van der Waals surface area contributed by atoms with E-state index in [1.165, 1.54) is 13.8 Å². The van der Waals surface area contributed by atoms with Crippen LogP contribution in [0.3, 0.4) is 0 Å². The number of carbonyl (C=O) groups is 1. The van der Waals surface area contributed by atoms with Crippen molar-refractivity contribution in [3.8, 4) is 0 Å². The summed E-state index contributed by atoms with van der Waals surface area (Å²) >= 11 is 6.02. The zero-order valence-electron chi connectivity index (χ0n) is 11.1. The maximum atomic E-state index is 11.8. The van der Waals surface area contributed by atoms with Gasteiger partial charge in [0, 0.05) is 12.8 Å². The molecular weight excluding hydrogens is 262 g/mol. The van der Waals surface area contributed by atoms with E-state index < -0.39 is 20.5 Å². The summed E-state index contributed by atoms with van der Waals surface area (Å²) < 4.78 is 21.4. The van der Waals surface area contributed by atoms with Gasteiger partial charge in [0.25, 0.3) is 0 Å². The highest BCUT2D eigenvalue weighted by Crippen LogP contribution is 2.16. The smallest absolute Gasteiger partial charge is 0.240 e. The third-order valence-corrected chi connectivity index (χ3v) is 5.06. The van der Waals surface area contributed by atoms with Crippen molar-refractivity contribution >= 4 is 27.3 Å². The van der Waals surface area contributed by atoms with Gasteiger partial charge in [-0.3, -0.25) is 4.79 Å². The average Bonchev–Trinajstić information content (AvgIpc) is 2.10. The molecule has 1 amide bonds. The lowest BCUT2D eigenvalue weighted by atomic mass is 10.1. The minimum Gasteiger partial charge on any atom is -0.353 e. The molecule has 102 valence electrons. The molecule has 6 heteroatoms. The maximum absolute atomic E-state index is 11.8. The number of carbonyl (C=O) groups excluding carboxylic acids is 1. The average molecular weight is 284 g/mol. The molecule has 1 unspecified atom stereocenters. The lowest BCUT2D eigenvalue weighted by molar-refractivity contribution is -0.122. The third kappa shape index (κ3) is 5.25. The lowest BCUT2D eigenvalue weighted by Gasteiger charge is -2.22. The molecule has 0 aromatic carbocycles. The molecule has 0 radical (unpaired) electrons. The Kier molecular flexibility index (Phi) is 5.94. The predicted molar refractivity (Wildman–Crippen MR) is 71.0 cm³/mol. The molecule has 0 saturated carbocycles. The molecule has 0 aliphatic rings. The molecule has 17 heavy (non-hydrogen) atoms. The van der Waals surface area contributed by atoms with Crippen LogP contribution < -0.4 is 5.32 Å². The Bertz CT molecular complexity index is 363. The highest BCUT2D eigenvalue weighted by Gasteiger charge is 2.38. The van der Waals surface area contributed by atoms with E-state index in [9.17, 15) is 13.2 Å². The number of rotatable bonds is 6. The summed E-state index contributed by atoms with van der Waals surface area (Å²) in [6.07, 6.45) is 1.83. The van der Waals surface area contributed by atoms with E-state index in [1.54, 1.807) is 0 Å². The fraction of sp³-hybridized carbons (Fsp3) is 0.909. The monoisotopic (exact) mass is 283 g/mol. The van der Waals surface area contributed by atoms with Gasteiger partial charge in [0.05, 0.1) is 5.38 Å². The zero-order chi connectivity index (χ0) is 13.9. The first kappa shape index (κ1) is 16.7. The second kappa shape index (κ2) is 6.05. The summed E-state index contributed by atoms with van der Waals surface area (Å²) in [5.74, 6) is -0.0632. The van der Waals surface area contributed by atoms with E-state index in [0.29, 0.717) is 5.92 Å². The van der Waals surface area contributed by atoms with Crippen LogP contribution in [0, 0.1) is 5.92 Å². The number of hydrogen-bond donors (Lipinski definition) is 1. The molecule has 1 atom stereocenters. The van der Waals surface area contributed by atoms with Gasteiger partial charge in [0.2, 0.25) is 5.91 Å². The van der Waals surface area contributed by atoms with Crippen LogP contribution in [0.2, 0.25) is 0 Å². The van der Waals surface area contributed by atoms with Gasteiger partial charge in [-0.25, -0.2) is 8.42 Å². The molecule has 0 spiro atoms. The second-order valence-corrected chi connectivity index (χ2v) is 8.40. The topological polar surface area (TPSA) is 63.2 Å². The van der Waals surface area contributed by atoms with Crippen LogP contribution in [0.1, 0.15) is 34.1 Å². The minimum absolute atomic E-state index is 0.172. The summed E-state index contributed by atoms with van der Waals surface area (Å²) in [6, 6.07) is 0. The molecule has 0 bridgehead atoms. The van der Waals surface area contributed by atoms with Crippen LogP contribution in [-0.4, -0.2) is 37.2 Å². The number of hydrogen-bond acceptors (Lipinski definition) is 3. The molecule has 0 aliphatic carbocycles. The van der Waals surface area contributed by atoms with Crippen molar-refractivity contribution in [3.05, 3.63) is 0 Å². The van der Waals surface area contributed by atoms with Crippen LogP contribution in [0.4, 0.5) is 0 Å². The summed E-state index contributed by atoms with van der Waals surface area (Å²) in [7, 11) is -3.43. The minimum atomic E-state index is -3.43. The first-order chi connectivity index (χ1) is 7.48. The van der Waals surface area contributed by atoms with Crippen molar-refractivity contribution in [3.63, 3.8) is 0 Å². The van der Waals surface area contributed by atoms with Crippen molar-refractivity contribution in [1.29, 1.82) is 0 Å². The molecule has 1 N–H and O–H groups in total. The van der Waals surface area contributed by atoms with Crippen LogP contribution in [0.25, 0.3) is 0 Å². The molecule has 0 aromatic heterocycles. The Hall–Kier alpha value is -0.290. The first-order valence-electron chi connectivity index (χ1n) is 5.60. The van der Waals surface area contributed by atoms with Gasteiger partial charge in [-0.1, -0.05) is 13.8 Å². The van der Waals surface area contributed by atoms with E-state index in [1.807, 2.05) is 13.8 Å². The fourth-order valence-corrected chi connectivity index (χ4v) is 2.02. The normalized spacial score (nSPS) is 14.8. The van der Waals surface area contributed by atoms with E-state index in [2.05, 4.69) is 5.32 Å². The highest BCUT2D eigenvalue weighted by atomic mass is 35.5. The number of alkyl halides is 1. The van der Waals surface area contributed by atoms with E-state index >= 15 is 0 Å². The summed E-state index contributed by atoms with van der Waals surface area (Å²) in [4.78, 5) is 11.8. The molecule has 0 rings (SSSR count). The second-order valence-electron chi connectivity index (χ2n) is 5.22. The van der Waals surface area contributed by atoms with E-state index in [0.717, 1.165) is 12.7 Å². The lowest BCUT2D eigenvalue weighted by Crippen LogP contribution is -2.48. The Morgan fingerprint density at radius 1 is 1.35 bits per heavy atom. The molecule has 0 aromatic rings. The Morgan fingerprint density at radius 3 is 2.18 bits per heavy atom. The maximum Gasteiger partial charge on any atom is 0.240 e. The van der Waals surface area contributed by atoms with Gasteiger partial charge in [-0.05, 0) is 26.2 Å². The summed E-state index contributed by atoms with van der Waals surface area (Å²) in [5, 5.41) is 2.41. The summed E-state index contributed by atoms with van der Waals surface area (Å²) in [5.41, 5.74) is 0. The van der Waals surface area contributed by atoms with Crippen LogP contribution in [0.15, 0.2) is 0 Å². The predicted octanol–water partition coefficient (Wildman–Crippen LogP) is 1.58. The third-order valence-electron chi connectivity index (χ3n) is 2.69. The van der Waals surface area contributed by atoms with Gasteiger partial charge in [-0.15, -0.1) is 11.6 Å². The van der Waals surface area contributed by atoms with Crippen LogP contribution >= 0.6 is 11.6 Å². The molecule has 0 heterocycles. The van der Waals surface area contributed by atoms with Crippen molar-refractivity contribution in [1.82, 2.24) is 5.32 Å². The zero-order valence-corrected chi connectivity index (χ0v) is 12.7. The fourth-order valence-electron chi connectivity index (χ4n) is 1.18. The Balaban J connectivity index is 4.38. The molecule has 0 fully saturated rings. The molecule has 4 nitrogen and oxygen atoms in total. The van der Waals surface area contributed by atoms with Crippen LogP contribution in [0.5, 0.6) is 0 Å². The standard InChI is InChI=1S/C11H22ClNO3S/c1-8(2)6-9(12)7-13-10(14)11(3,4)17(5,15)16/h8-9H,6-7H2,1-5H3,(H,13,14). The number of halogens is 1. The highest BCUT2D eigenvalue weighted by molar-refractivity contribution is 7.92. The van der Waals surface area contributed by atoms with Gasteiger partial charge < -0.3 is 5.32 Å². The number of amides is 1. The largest absolute Gasteiger partial charge is 0.353 e. The molecule has 0 aliphatic heterocycles. The number of sulfone groups is 1. The van der Waals surface area contributed by atoms with Gasteiger partial charge in [0.1, 0.15) is 4.75 Å². The van der Waals surface area contributed by atoms with Crippen molar-refractivity contribution in [2.45, 2.75) is 44.2 Å². The van der Waals surface area contributed by atoms with Crippen molar-refractivity contribution in [2.24, 2.45) is 5.92 Å². The summed E-state index contributed by atoms with van der Waals surface area (Å²) in [6.45, 7) is 7.15. The number of nitrogens with one attached hydrogen (secondary N) is 1. The Morgan fingerprint density at radius 2 is 1.82 bits per heavy atom. The SMILES string of the molecule is CC(C)CC(Cl)CNC(=O)C(C)(C)S(C)(=O)=O. The van der Waals surface area contributed by atoms with Crippen LogP contribution in [-0.2, 0) is 14.6 Å². The van der Waals surface area contributed by atoms with Gasteiger partial charge in [-0.2, -0.15) is 0 Å².